The maximum Gasteiger partial charge on any atom is 0.0896 e. The van der Waals surface area contributed by atoms with Gasteiger partial charge in [-0.1, -0.05) is 12.1 Å². The standard InChI is InChI=1S/C16H26N2O/c1-11-8-13(3)14(9-12(11)2)16(18(4)5)15-10-17-6-7-19-15/h8-9,15-17H,6-7,10H2,1-5H3. The van der Waals surface area contributed by atoms with Crippen LogP contribution in [0.3, 0.4) is 0 Å². The quantitative estimate of drug-likeness (QED) is 0.904. The molecular formula is C16H26N2O. The number of nitrogens with one attached hydrogen (secondary N) is 1. The highest BCUT2D eigenvalue weighted by Crippen LogP contribution is 2.29. The van der Waals surface area contributed by atoms with Crippen molar-refractivity contribution >= 4 is 0 Å². The second kappa shape index (κ2) is 6.04. The summed E-state index contributed by atoms with van der Waals surface area (Å²) in [6.07, 6.45) is 0.226. The maximum absolute atomic E-state index is 5.98. The van der Waals surface area contributed by atoms with E-state index in [2.05, 4.69) is 57.2 Å². The summed E-state index contributed by atoms with van der Waals surface area (Å²) in [5, 5.41) is 3.43. The minimum absolute atomic E-state index is 0.226. The van der Waals surface area contributed by atoms with E-state index in [0.29, 0.717) is 6.04 Å². The fourth-order valence-electron chi connectivity index (χ4n) is 2.90. The minimum Gasteiger partial charge on any atom is -0.374 e. The van der Waals surface area contributed by atoms with Gasteiger partial charge in [-0.2, -0.15) is 0 Å². The van der Waals surface area contributed by atoms with Gasteiger partial charge in [0.25, 0.3) is 0 Å². The molecule has 0 radical (unpaired) electrons. The Balaban J connectivity index is 2.35. The molecule has 0 amide bonds. The van der Waals surface area contributed by atoms with Gasteiger partial charge in [-0.25, -0.2) is 0 Å². The van der Waals surface area contributed by atoms with Crippen LogP contribution in [0.4, 0.5) is 0 Å². The summed E-state index contributed by atoms with van der Waals surface area (Å²) >= 11 is 0. The molecule has 1 aliphatic rings. The predicted octanol–water partition coefficient (Wildman–Crippen LogP) is 2.20. The summed E-state index contributed by atoms with van der Waals surface area (Å²) in [5.41, 5.74) is 5.47. The highest BCUT2D eigenvalue weighted by atomic mass is 16.5. The van der Waals surface area contributed by atoms with Crippen LogP contribution in [0.1, 0.15) is 28.3 Å². The van der Waals surface area contributed by atoms with Gasteiger partial charge in [0.2, 0.25) is 0 Å². The van der Waals surface area contributed by atoms with Crippen molar-refractivity contribution in [2.75, 3.05) is 33.8 Å². The molecule has 0 saturated carbocycles. The molecule has 3 heteroatoms. The van der Waals surface area contributed by atoms with E-state index < -0.39 is 0 Å². The Hall–Kier alpha value is -0.900. The van der Waals surface area contributed by atoms with E-state index in [4.69, 9.17) is 4.74 Å². The lowest BCUT2D eigenvalue weighted by atomic mass is 9.92. The zero-order valence-corrected chi connectivity index (χ0v) is 12.8. The number of aryl methyl sites for hydroxylation is 3. The Kier molecular flexibility index (Phi) is 4.61. The number of likely N-dealkylation sites (N-methyl/N-ethyl adjacent to an activating group) is 1. The Bertz CT molecular complexity index is 437. The third kappa shape index (κ3) is 3.16. The van der Waals surface area contributed by atoms with Crippen molar-refractivity contribution in [3.8, 4) is 0 Å². The largest absolute Gasteiger partial charge is 0.374 e. The van der Waals surface area contributed by atoms with Crippen LogP contribution in [0.25, 0.3) is 0 Å². The molecule has 0 bridgehead atoms. The predicted molar refractivity (Wildman–Crippen MR) is 79.7 cm³/mol. The zero-order chi connectivity index (χ0) is 14.0. The zero-order valence-electron chi connectivity index (χ0n) is 12.8. The molecule has 1 N–H and O–H groups in total. The first kappa shape index (κ1) is 14.5. The first-order chi connectivity index (χ1) is 9.00. The number of hydrogen-bond acceptors (Lipinski definition) is 3. The molecule has 1 aromatic carbocycles. The van der Waals surface area contributed by atoms with Crippen LogP contribution in [-0.4, -0.2) is 44.8 Å². The van der Waals surface area contributed by atoms with Gasteiger partial charge >= 0.3 is 0 Å². The lowest BCUT2D eigenvalue weighted by molar-refractivity contribution is -0.0213. The second-order valence-electron chi connectivity index (χ2n) is 5.81. The average Bonchev–Trinajstić information content (AvgIpc) is 2.37. The van der Waals surface area contributed by atoms with Crippen LogP contribution >= 0.6 is 0 Å². The Morgan fingerprint density at radius 3 is 2.42 bits per heavy atom. The number of morpholine rings is 1. The summed E-state index contributed by atoms with van der Waals surface area (Å²) in [4.78, 5) is 2.27. The minimum atomic E-state index is 0.226. The van der Waals surface area contributed by atoms with Crippen molar-refractivity contribution < 1.29 is 4.74 Å². The summed E-state index contributed by atoms with van der Waals surface area (Å²) in [5.74, 6) is 0. The van der Waals surface area contributed by atoms with E-state index >= 15 is 0 Å². The van der Waals surface area contributed by atoms with Crippen molar-refractivity contribution in [1.29, 1.82) is 0 Å². The summed E-state index contributed by atoms with van der Waals surface area (Å²) < 4.78 is 5.98. The van der Waals surface area contributed by atoms with Crippen LogP contribution in [0, 0.1) is 20.8 Å². The molecule has 1 aromatic rings. The van der Waals surface area contributed by atoms with Gasteiger partial charge in [-0.05, 0) is 57.1 Å². The SMILES string of the molecule is Cc1cc(C)c(C(C2CNCCO2)N(C)C)cc1C. The van der Waals surface area contributed by atoms with Gasteiger partial charge in [0, 0.05) is 13.1 Å². The molecule has 1 fully saturated rings. The van der Waals surface area contributed by atoms with E-state index in [9.17, 15) is 0 Å². The monoisotopic (exact) mass is 262 g/mol. The Labute approximate surface area is 116 Å². The molecule has 106 valence electrons. The van der Waals surface area contributed by atoms with Gasteiger partial charge in [-0.15, -0.1) is 0 Å². The highest BCUT2D eigenvalue weighted by molar-refractivity contribution is 5.38. The Morgan fingerprint density at radius 2 is 1.84 bits per heavy atom. The molecule has 2 rings (SSSR count). The first-order valence-corrected chi connectivity index (χ1v) is 7.07. The van der Waals surface area contributed by atoms with Crippen LogP contribution in [0.2, 0.25) is 0 Å². The average molecular weight is 262 g/mol. The third-order valence-corrected chi connectivity index (χ3v) is 4.07. The van der Waals surface area contributed by atoms with Gasteiger partial charge in [0.15, 0.2) is 0 Å². The molecule has 0 spiro atoms. The molecule has 1 heterocycles. The molecule has 1 saturated heterocycles. The van der Waals surface area contributed by atoms with Gasteiger partial charge in [0.05, 0.1) is 18.8 Å². The van der Waals surface area contributed by atoms with Gasteiger partial charge in [0.1, 0.15) is 0 Å². The Morgan fingerprint density at radius 1 is 1.16 bits per heavy atom. The number of benzene rings is 1. The molecule has 0 aliphatic carbocycles. The van der Waals surface area contributed by atoms with E-state index in [1.807, 2.05) is 0 Å². The third-order valence-electron chi connectivity index (χ3n) is 4.07. The van der Waals surface area contributed by atoms with Crippen molar-refractivity contribution in [2.24, 2.45) is 0 Å². The van der Waals surface area contributed by atoms with Crippen molar-refractivity contribution in [1.82, 2.24) is 10.2 Å². The highest BCUT2D eigenvalue weighted by Gasteiger charge is 2.29. The molecule has 0 aromatic heterocycles. The summed E-state index contributed by atoms with van der Waals surface area (Å²) in [6.45, 7) is 9.26. The molecule has 2 atom stereocenters. The second-order valence-corrected chi connectivity index (χ2v) is 5.81. The van der Waals surface area contributed by atoms with Gasteiger partial charge in [-0.3, -0.25) is 0 Å². The smallest absolute Gasteiger partial charge is 0.0896 e. The van der Waals surface area contributed by atoms with Crippen LogP contribution in [0.5, 0.6) is 0 Å². The lowest BCUT2D eigenvalue weighted by Gasteiger charge is -2.36. The summed E-state index contributed by atoms with van der Waals surface area (Å²) in [6, 6.07) is 4.93. The van der Waals surface area contributed by atoms with E-state index in [1.165, 1.54) is 22.3 Å². The number of ether oxygens (including phenoxy) is 1. The lowest BCUT2D eigenvalue weighted by Crippen LogP contribution is -2.45. The molecule has 1 aliphatic heterocycles. The van der Waals surface area contributed by atoms with Crippen molar-refractivity contribution in [3.63, 3.8) is 0 Å². The fourth-order valence-corrected chi connectivity index (χ4v) is 2.90. The van der Waals surface area contributed by atoms with Crippen LogP contribution in [0.15, 0.2) is 12.1 Å². The fraction of sp³-hybridized carbons (Fsp3) is 0.625. The molecular weight excluding hydrogens is 236 g/mol. The van der Waals surface area contributed by atoms with E-state index in [-0.39, 0.29) is 6.10 Å². The maximum atomic E-state index is 5.98. The number of rotatable bonds is 3. The summed E-state index contributed by atoms with van der Waals surface area (Å²) in [7, 11) is 4.27. The molecule has 2 unspecified atom stereocenters. The van der Waals surface area contributed by atoms with Crippen molar-refractivity contribution in [3.05, 3.63) is 34.4 Å². The van der Waals surface area contributed by atoms with E-state index in [0.717, 1.165) is 19.7 Å². The van der Waals surface area contributed by atoms with Crippen LogP contribution < -0.4 is 5.32 Å². The number of hydrogen-bond donors (Lipinski definition) is 1. The topological polar surface area (TPSA) is 24.5 Å². The first-order valence-electron chi connectivity index (χ1n) is 7.07. The van der Waals surface area contributed by atoms with Crippen molar-refractivity contribution in [2.45, 2.75) is 32.9 Å². The van der Waals surface area contributed by atoms with Crippen LogP contribution in [-0.2, 0) is 4.74 Å². The molecule has 3 nitrogen and oxygen atoms in total. The number of nitrogens with zero attached hydrogens (tertiary/aromatic N) is 1. The molecule has 19 heavy (non-hydrogen) atoms. The van der Waals surface area contributed by atoms with Gasteiger partial charge < -0.3 is 15.0 Å². The normalized spacial score (nSPS) is 21.7. The van der Waals surface area contributed by atoms with E-state index in [1.54, 1.807) is 0 Å².